The van der Waals surface area contributed by atoms with Crippen LogP contribution in [0.3, 0.4) is 0 Å². The molecule has 1 aliphatic rings. The summed E-state index contributed by atoms with van der Waals surface area (Å²) in [7, 11) is 3.36. The molecule has 1 heterocycles. The molecule has 25 heavy (non-hydrogen) atoms. The van der Waals surface area contributed by atoms with Crippen molar-refractivity contribution in [2.75, 3.05) is 26.6 Å². The first-order valence-electron chi connectivity index (χ1n) is 8.30. The van der Waals surface area contributed by atoms with Crippen LogP contribution in [0.25, 0.3) is 0 Å². The van der Waals surface area contributed by atoms with Gasteiger partial charge in [0.25, 0.3) is 0 Å². The summed E-state index contributed by atoms with van der Waals surface area (Å²) in [6.45, 7) is 6.77. The Morgan fingerprint density at radius 2 is 1.84 bits per heavy atom. The quantitative estimate of drug-likeness (QED) is 0.680. The second-order valence-corrected chi connectivity index (χ2v) is 7.48. The largest absolute Gasteiger partial charge is 0.497 e. The van der Waals surface area contributed by atoms with Gasteiger partial charge < -0.3 is 14.2 Å². The Balaban J connectivity index is 2.03. The van der Waals surface area contributed by atoms with Crippen molar-refractivity contribution in [3.8, 4) is 17.2 Å². The molecule has 0 amide bonds. The molecule has 1 aliphatic heterocycles. The third kappa shape index (κ3) is 3.36. The molecule has 4 heteroatoms. The lowest BCUT2D eigenvalue weighted by Crippen LogP contribution is -2.39. The molecule has 132 valence electrons. The normalized spacial score (nSPS) is 21.8. The Hall–Kier alpha value is -2.07. The fraction of sp³-hybridized carbons (Fsp3) is 0.333. The molecule has 0 fully saturated rings. The van der Waals surface area contributed by atoms with Crippen LogP contribution in [0.1, 0.15) is 23.3 Å². The minimum absolute atomic E-state index is 0.137. The maximum absolute atomic E-state index is 6.15. The Morgan fingerprint density at radius 1 is 1.16 bits per heavy atom. The van der Waals surface area contributed by atoms with E-state index < -0.39 is 0 Å². The first-order valence-corrected chi connectivity index (χ1v) is 9.35. The van der Waals surface area contributed by atoms with Crippen molar-refractivity contribution in [1.82, 2.24) is 0 Å². The number of rotatable bonds is 6. The van der Waals surface area contributed by atoms with E-state index in [9.17, 15) is 0 Å². The molecule has 2 atom stereocenters. The van der Waals surface area contributed by atoms with Gasteiger partial charge in [0.05, 0.1) is 20.8 Å². The van der Waals surface area contributed by atoms with Crippen LogP contribution in [0, 0.1) is 0 Å². The molecule has 2 aromatic rings. The highest BCUT2D eigenvalue weighted by molar-refractivity contribution is 7.99. The van der Waals surface area contributed by atoms with Crippen LogP contribution in [0.2, 0.25) is 0 Å². The summed E-state index contributed by atoms with van der Waals surface area (Å²) in [5.41, 5.74) is 2.31. The maximum Gasteiger partial charge on any atom is 0.127 e. The van der Waals surface area contributed by atoms with E-state index in [1.807, 2.05) is 42.1 Å². The zero-order chi connectivity index (χ0) is 17.9. The highest BCUT2D eigenvalue weighted by atomic mass is 32.2. The fourth-order valence-corrected chi connectivity index (χ4v) is 4.55. The lowest BCUT2D eigenvalue weighted by molar-refractivity contribution is 0.196. The van der Waals surface area contributed by atoms with Gasteiger partial charge in [-0.15, -0.1) is 18.3 Å². The maximum atomic E-state index is 6.15. The van der Waals surface area contributed by atoms with E-state index in [-0.39, 0.29) is 10.7 Å². The monoisotopic (exact) mass is 356 g/mol. The second kappa shape index (κ2) is 7.44. The van der Waals surface area contributed by atoms with E-state index in [0.717, 1.165) is 23.0 Å². The van der Waals surface area contributed by atoms with Crippen molar-refractivity contribution in [2.45, 2.75) is 17.6 Å². The summed E-state index contributed by atoms with van der Waals surface area (Å²) in [5.74, 6) is 3.48. The third-order valence-corrected chi connectivity index (χ3v) is 6.28. The van der Waals surface area contributed by atoms with Gasteiger partial charge in [0, 0.05) is 28.0 Å². The van der Waals surface area contributed by atoms with Gasteiger partial charge in [-0.25, -0.2) is 0 Å². The summed E-state index contributed by atoms with van der Waals surface area (Å²) >= 11 is 1.90. The molecular formula is C21H24O3S. The predicted octanol–water partition coefficient (Wildman–Crippen LogP) is 5.01. The molecule has 0 aliphatic carbocycles. The number of ether oxygens (including phenoxy) is 3. The molecule has 3 rings (SSSR count). The van der Waals surface area contributed by atoms with Crippen molar-refractivity contribution < 1.29 is 14.2 Å². The molecule has 2 aromatic carbocycles. The van der Waals surface area contributed by atoms with Gasteiger partial charge >= 0.3 is 0 Å². The van der Waals surface area contributed by atoms with Gasteiger partial charge in [-0.3, -0.25) is 0 Å². The lowest BCUT2D eigenvalue weighted by Gasteiger charge is -2.42. The highest BCUT2D eigenvalue weighted by Crippen LogP contribution is 2.52. The lowest BCUT2D eigenvalue weighted by atomic mass is 9.76. The number of benzene rings is 2. The van der Waals surface area contributed by atoms with E-state index >= 15 is 0 Å². The van der Waals surface area contributed by atoms with Crippen molar-refractivity contribution in [2.24, 2.45) is 0 Å². The first-order chi connectivity index (χ1) is 12.1. The summed E-state index contributed by atoms with van der Waals surface area (Å²) in [4.78, 5) is 0. The van der Waals surface area contributed by atoms with Gasteiger partial charge in [-0.05, 0) is 23.8 Å². The number of methoxy groups -OCH3 is 2. The van der Waals surface area contributed by atoms with Crippen molar-refractivity contribution >= 4 is 11.8 Å². The number of hydrogen-bond acceptors (Lipinski definition) is 4. The van der Waals surface area contributed by atoms with E-state index in [1.165, 1.54) is 11.1 Å². The van der Waals surface area contributed by atoms with Crippen molar-refractivity contribution in [1.29, 1.82) is 0 Å². The fourth-order valence-electron chi connectivity index (χ4n) is 3.27. The summed E-state index contributed by atoms with van der Waals surface area (Å²) in [6, 6.07) is 14.4. The van der Waals surface area contributed by atoms with Gasteiger partial charge in [-0.2, -0.15) is 0 Å². The molecule has 0 N–H and O–H groups in total. The van der Waals surface area contributed by atoms with E-state index in [2.05, 4.69) is 31.7 Å². The smallest absolute Gasteiger partial charge is 0.127 e. The molecule has 0 radical (unpaired) electrons. The van der Waals surface area contributed by atoms with Crippen LogP contribution in [0.5, 0.6) is 17.2 Å². The Kier molecular flexibility index (Phi) is 5.28. The van der Waals surface area contributed by atoms with Crippen LogP contribution in [0.4, 0.5) is 0 Å². The minimum atomic E-state index is -0.137. The molecule has 0 unspecified atom stereocenters. The van der Waals surface area contributed by atoms with Gasteiger partial charge in [0.15, 0.2) is 0 Å². The predicted molar refractivity (Wildman–Crippen MR) is 104 cm³/mol. The Morgan fingerprint density at radius 3 is 2.48 bits per heavy atom. The summed E-state index contributed by atoms with van der Waals surface area (Å²) < 4.78 is 16.8. The summed E-state index contributed by atoms with van der Waals surface area (Å²) in [5, 5.41) is 0.272. The molecule has 0 saturated heterocycles. The zero-order valence-electron chi connectivity index (χ0n) is 15.0. The van der Waals surface area contributed by atoms with Crippen LogP contribution >= 0.6 is 11.8 Å². The van der Waals surface area contributed by atoms with Gasteiger partial charge in [-0.1, -0.05) is 31.2 Å². The van der Waals surface area contributed by atoms with E-state index in [0.29, 0.717) is 6.61 Å². The second-order valence-electron chi connectivity index (χ2n) is 6.34. The minimum Gasteiger partial charge on any atom is -0.497 e. The summed E-state index contributed by atoms with van der Waals surface area (Å²) in [6.07, 6.45) is 1.96. The molecule has 0 bridgehead atoms. The zero-order valence-corrected chi connectivity index (χ0v) is 15.8. The average molecular weight is 356 g/mol. The van der Waals surface area contributed by atoms with Crippen LogP contribution in [-0.4, -0.2) is 26.6 Å². The molecular weight excluding hydrogens is 332 g/mol. The Labute approximate surface area is 154 Å². The molecule has 3 nitrogen and oxygen atoms in total. The topological polar surface area (TPSA) is 27.7 Å². The van der Waals surface area contributed by atoms with Gasteiger partial charge in [0.2, 0.25) is 0 Å². The average Bonchev–Trinajstić information content (AvgIpc) is 2.67. The van der Waals surface area contributed by atoms with Crippen molar-refractivity contribution in [3.63, 3.8) is 0 Å². The van der Waals surface area contributed by atoms with E-state index in [1.54, 1.807) is 14.2 Å². The Bertz CT molecular complexity index is 741. The van der Waals surface area contributed by atoms with Crippen molar-refractivity contribution in [3.05, 3.63) is 66.2 Å². The third-order valence-electron chi connectivity index (χ3n) is 4.74. The van der Waals surface area contributed by atoms with Gasteiger partial charge in [0.1, 0.15) is 17.2 Å². The van der Waals surface area contributed by atoms with E-state index in [4.69, 9.17) is 14.2 Å². The van der Waals surface area contributed by atoms with Crippen LogP contribution in [-0.2, 0) is 5.41 Å². The number of fused-ring (bicyclic) bond motifs is 1. The highest BCUT2D eigenvalue weighted by Gasteiger charge is 2.42. The number of hydrogen-bond donors (Lipinski definition) is 0. The molecule has 0 saturated carbocycles. The standard InChI is InChI=1S/C21H24O3S/c1-5-12-25-20-18-11-10-17(23-4)13-19(18)24-14-21(20,2)15-6-8-16(22-3)9-7-15/h5-11,13,20H,1,12,14H2,2-4H3/t20-,21-/m0/s1. The van der Waals surface area contributed by atoms with Crippen LogP contribution < -0.4 is 14.2 Å². The first kappa shape index (κ1) is 17.7. The molecule has 0 spiro atoms. The SMILES string of the molecule is C=CCS[C@H]1c2ccc(OC)cc2OC[C@@]1(C)c1ccc(OC)cc1. The van der Waals surface area contributed by atoms with Crippen LogP contribution in [0.15, 0.2) is 55.1 Å². The number of thioether (sulfide) groups is 1. The molecule has 0 aromatic heterocycles.